The highest BCUT2D eigenvalue weighted by Crippen LogP contribution is 2.29. The normalized spacial score (nSPS) is 14.8. The van der Waals surface area contributed by atoms with Crippen molar-refractivity contribution in [2.45, 2.75) is 65.2 Å². The van der Waals surface area contributed by atoms with Crippen LogP contribution in [0.25, 0.3) is 0 Å². The van der Waals surface area contributed by atoms with Crippen LogP contribution in [0.5, 0.6) is 5.75 Å². The Morgan fingerprint density at radius 2 is 1.86 bits per heavy atom. The maximum absolute atomic E-state index is 12.1. The molecule has 1 unspecified atom stereocenters. The zero-order chi connectivity index (χ0) is 20.4. The Bertz CT molecular complexity index is 875. The van der Waals surface area contributed by atoms with Crippen LogP contribution in [0.4, 0.5) is 0 Å². The number of aryl methyl sites for hydroxylation is 3. The molecule has 0 amide bonds. The first kappa shape index (κ1) is 20.7. The number of nitrogens with one attached hydrogen (secondary N) is 2. The van der Waals surface area contributed by atoms with E-state index in [1.807, 2.05) is 13.0 Å². The molecule has 1 atom stereocenters. The summed E-state index contributed by atoms with van der Waals surface area (Å²) in [5, 5.41) is 8.58. The van der Waals surface area contributed by atoms with Crippen molar-refractivity contribution in [3.8, 4) is 5.75 Å². The second-order valence-corrected chi connectivity index (χ2v) is 9.49. The predicted molar refractivity (Wildman–Crippen MR) is 117 cm³/mol. The maximum Gasteiger partial charge on any atom is 0.170 e. The molecular formula is C23H30N2O2S. The average molecular weight is 399 g/mol. The SMILES string of the molecule is Cc1ccc(OCc2cc(C)c(C(=N)N[S+]([O-])C3CC3)cc2C(C)C)cc1C. The number of hydrogen-bond donors (Lipinski definition) is 2. The molecule has 1 fully saturated rings. The van der Waals surface area contributed by atoms with Gasteiger partial charge in [-0.05, 0) is 72.7 Å². The van der Waals surface area contributed by atoms with E-state index in [1.54, 1.807) is 0 Å². The highest BCUT2D eigenvalue weighted by molar-refractivity contribution is 7.91. The van der Waals surface area contributed by atoms with E-state index in [-0.39, 0.29) is 11.1 Å². The molecule has 4 nitrogen and oxygen atoms in total. The summed E-state index contributed by atoms with van der Waals surface area (Å²) in [6, 6.07) is 10.3. The third-order valence-corrected chi connectivity index (χ3v) is 6.76. The second-order valence-electron chi connectivity index (χ2n) is 8.03. The first-order valence-corrected chi connectivity index (χ1v) is 11.1. The Morgan fingerprint density at radius 3 is 2.46 bits per heavy atom. The molecule has 150 valence electrons. The monoisotopic (exact) mass is 398 g/mol. The van der Waals surface area contributed by atoms with E-state index in [0.29, 0.717) is 12.5 Å². The fourth-order valence-electron chi connectivity index (χ4n) is 3.20. The molecule has 1 aliphatic rings. The van der Waals surface area contributed by atoms with E-state index in [0.717, 1.165) is 40.8 Å². The Hall–Kier alpha value is -1.98. The zero-order valence-electron chi connectivity index (χ0n) is 17.4. The number of benzene rings is 2. The van der Waals surface area contributed by atoms with Gasteiger partial charge in [0.05, 0.1) is 11.4 Å². The molecule has 2 aromatic rings. The zero-order valence-corrected chi connectivity index (χ0v) is 18.2. The summed E-state index contributed by atoms with van der Waals surface area (Å²) in [6.45, 7) is 11.0. The van der Waals surface area contributed by atoms with Gasteiger partial charge < -0.3 is 9.29 Å². The van der Waals surface area contributed by atoms with Crippen molar-refractivity contribution in [3.05, 3.63) is 63.7 Å². The maximum atomic E-state index is 12.1. The second kappa shape index (κ2) is 8.58. The van der Waals surface area contributed by atoms with E-state index < -0.39 is 11.4 Å². The van der Waals surface area contributed by atoms with Crippen LogP contribution in [0.3, 0.4) is 0 Å². The molecule has 0 bridgehead atoms. The lowest BCUT2D eigenvalue weighted by atomic mass is 9.92. The molecular weight excluding hydrogens is 368 g/mol. The summed E-state index contributed by atoms with van der Waals surface area (Å²) in [6.07, 6.45) is 1.97. The lowest BCUT2D eigenvalue weighted by molar-refractivity contribution is 0.304. The van der Waals surface area contributed by atoms with Gasteiger partial charge in [0, 0.05) is 18.4 Å². The van der Waals surface area contributed by atoms with E-state index in [1.165, 1.54) is 11.1 Å². The molecule has 0 radical (unpaired) electrons. The van der Waals surface area contributed by atoms with E-state index in [2.05, 4.69) is 56.7 Å². The van der Waals surface area contributed by atoms with Gasteiger partial charge in [-0.25, -0.2) is 0 Å². The van der Waals surface area contributed by atoms with Crippen LogP contribution in [-0.2, 0) is 18.0 Å². The van der Waals surface area contributed by atoms with Gasteiger partial charge in [-0.15, -0.1) is 0 Å². The molecule has 0 spiro atoms. The smallest absolute Gasteiger partial charge is 0.170 e. The van der Waals surface area contributed by atoms with Crippen molar-refractivity contribution in [1.82, 2.24) is 4.72 Å². The number of hydrogen-bond acceptors (Lipinski definition) is 3. The molecule has 28 heavy (non-hydrogen) atoms. The largest absolute Gasteiger partial charge is 0.593 e. The van der Waals surface area contributed by atoms with E-state index in [9.17, 15) is 4.55 Å². The van der Waals surface area contributed by atoms with Gasteiger partial charge in [0.15, 0.2) is 5.84 Å². The minimum Gasteiger partial charge on any atom is -0.593 e. The number of rotatable bonds is 7. The Kier molecular flexibility index (Phi) is 6.36. The summed E-state index contributed by atoms with van der Waals surface area (Å²) in [5.74, 6) is 1.42. The van der Waals surface area contributed by atoms with Crippen molar-refractivity contribution < 1.29 is 9.29 Å². The van der Waals surface area contributed by atoms with Crippen LogP contribution < -0.4 is 9.46 Å². The lowest BCUT2D eigenvalue weighted by Gasteiger charge is -2.19. The van der Waals surface area contributed by atoms with Gasteiger partial charge in [0.2, 0.25) is 0 Å². The first-order valence-electron chi connectivity index (χ1n) is 9.86. The summed E-state index contributed by atoms with van der Waals surface area (Å²) < 4.78 is 21.1. The molecule has 2 aromatic carbocycles. The molecule has 2 N–H and O–H groups in total. The Morgan fingerprint density at radius 1 is 1.14 bits per heavy atom. The van der Waals surface area contributed by atoms with Crippen LogP contribution in [0.15, 0.2) is 30.3 Å². The van der Waals surface area contributed by atoms with Crippen LogP contribution in [-0.4, -0.2) is 15.6 Å². The molecule has 3 rings (SSSR count). The number of ether oxygens (including phenoxy) is 1. The highest BCUT2D eigenvalue weighted by atomic mass is 32.2. The third kappa shape index (κ3) is 4.89. The molecule has 0 saturated heterocycles. The molecule has 1 saturated carbocycles. The summed E-state index contributed by atoms with van der Waals surface area (Å²) >= 11 is -1.15. The van der Waals surface area contributed by atoms with Crippen molar-refractivity contribution in [2.75, 3.05) is 0 Å². The number of amidine groups is 1. The Balaban J connectivity index is 1.79. The van der Waals surface area contributed by atoms with E-state index >= 15 is 0 Å². The van der Waals surface area contributed by atoms with Crippen molar-refractivity contribution in [1.29, 1.82) is 5.41 Å². The molecule has 0 aliphatic heterocycles. The quantitative estimate of drug-likeness (QED) is 0.389. The van der Waals surface area contributed by atoms with Crippen LogP contribution in [0, 0.1) is 26.2 Å². The van der Waals surface area contributed by atoms with Crippen molar-refractivity contribution in [3.63, 3.8) is 0 Å². The summed E-state index contributed by atoms with van der Waals surface area (Å²) in [7, 11) is 0. The third-order valence-electron chi connectivity index (χ3n) is 5.28. The fraction of sp³-hybridized carbons (Fsp3) is 0.435. The molecule has 0 heterocycles. The standard InChI is InChI=1S/C23H30N2O2S/c1-14(2)21-12-22(23(24)25-28(26)20-8-9-20)17(5)10-18(21)13-27-19-7-6-15(3)16(4)11-19/h6-7,10-12,14,20H,8-9,13H2,1-5H3,(H2,24,25). The highest BCUT2D eigenvalue weighted by Gasteiger charge is 2.36. The first-order chi connectivity index (χ1) is 13.3. The Labute approximate surface area is 171 Å². The molecule has 0 aromatic heterocycles. The van der Waals surface area contributed by atoms with Gasteiger partial charge in [-0.3, -0.25) is 5.41 Å². The molecule has 1 aliphatic carbocycles. The van der Waals surface area contributed by atoms with Crippen molar-refractivity contribution >= 4 is 17.2 Å². The fourth-order valence-corrected chi connectivity index (χ4v) is 4.24. The lowest BCUT2D eigenvalue weighted by Crippen LogP contribution is -2.33. The van der Waals surface area contributed by atoms with Gasteiger partial charge in [0.1, 0.15) is 17.6 Å². The molecule has 5 heteroatoms. The minimum absolute atomic E-state index is 0.205. The van der Waals surface area contributed by atoms with E-state index in [4.69, 9.17) is 10.1 Å². The van der Waals surface area contributed by atoms with Crippen LogP contribution in [0.1, 0.15) is 66.0 Å². The topological polar surface area (TPSA) is 68.2 Å². The van der Waals surface area contributed by atoms with Gasteiger partial charge in [-0.2, -0.15) is 4.72 Å². The van der Waals surface area contributed by atoms with Crippen molar-refractivity contribution in [2.24, 2.45) is 0 Å². The van der Waals surface area contributed by atoms with Gasteiger partial charge >= 0.3 is 0 Å². The summed E-state index contributed by atoms with van der Waals surface area (Å²) in [4.78, 5) is 0. The minimum atomic E-state index is -1.15. The summed E-state index contributed by atoms with van der Waals surface area (Å²) in [5.41, 5.74) is 6.57. The van der Waals surface area contributed by atoms with Gasteiger partial charge in [-0.1, -0.05) is 26.0 Å². The van der Waals surface area contributed by atoms with Gasteiger partial charge in [0.25, 0.3) is 0 Å². The average Bonchev–Trinajstić information content (AvgIpc) is 3.47. The van der Waals surface area contributed by atoms with Crippen LogP contribution >= 0.6 is 0 Å². The van der Waals surface area contributed by atoms with Crippen LogP contribution in [0.2, 0.25) is 0 Å². The predicted octanol–water partition coefficient (Wildman–Crippen LogP) is 5.06.